The zero-order chi connectivity index (χ0) is 22.7. The molecule has 1 saturated heterocycles. The van der Waals surface area contributed by atoms with Gasteiger partial charge < -0.3 is 13.9 Å². The Kier molecular flexibility index (Phi) is 6.33. The van der Waals surface area contributed by atoms with Crippen LogP contribution in [0.5, 0.6) is 5.75 Å². The number of carbonyl (C=O) groups excluding carboxylic acids is 1. The van der Waals surface area contributed by atoms with Crippen LogP contribution in [0, 0.1) is 13.8 Å². The third kappa shape index (κ3) is 4.55. The number of likely N-dealkylation sites (tertiary alicyclic amines) is 1. The summed E-state index contributed by atoms with van der Waals surface area (Å²) >= 11 is 0. The summed E-state index contributed by atoms with van der Waals surface area (Å²) in [5, 5.41) is 0. The second-order valence-corrected chi connectivity index (χ2v) is 8.61. The molecule has 4 rings (SSSR count). The van der Waals surface area contributed by atoms with E-state index in [4.69, 9.17) is 13.9 Å². The second kappa shape index (κ2) is 9.17. The van der Waals surface area contributed by atoms with E-state index >= 15 is 0 Å². The van der Waals surface area contributed by atoms with Gasteiger partial charge in [-0.2, -0.15) is 0 Å². The van der Waals surface area contributed by atoms with Crippen molar-refractivity contribution in [3.8, 4) is 17.2 Å². The van der Waals surface area contributed by atoms with Gasteiger partial charge in [0, 0.05) is 12.1 Å². The summed E-state index contributed by atoms with van der Waals surface area (Å²) in [6, 6.07) is 16.1. The number of ether oxygens (including phenoxy) is 2. The van der Waals surface area contributed by atoms with Gasteiger partial charge in [0.05, 0.1) is 7.11 Å². The summed E-state index contributed by atoms with van der Waals surface area (Å²) in [5.41, 5.74) is 3.45. The van der Waals surface area contributed by atoms with Crippen molar-refractivity contribution in [2.45, 2.75) is 52.3 Å². The number of rotatable bonds is 7. The molecule has 0 bridgehead atoms. The van der Waals surface area contributed by atoms with Crippen molar-refractivity contribution < 1.29 is 18.7 Å². The van der Waals surface area contributed by atoms with Crippen LogP contribution in [0.3, 0.4) is 0 Å². The summed E-state index contributed by atoms with van der Waals surface area (Å²) in [5.74, 6) is 1.95. The molecule has 0 spiro atoms. The van der Waals surface area contributed by atoms with Crippen LogP contribution in [0.25, 0.3) is 11.5 Å². The van der Waals surface area contributed by atoms with Crippen LogP contribution in [0.2, 0.25) is 0 Å². The van der Waals surface area contributed by atoms with Gasteiger partial charge in [0.25, 0.3) is 0 Å². The third-order valence-electron chi connectivity index (χ3n) is 6.25. The van der Waals surface area contributed by atoms with Gasteiger partial charge in [-0.15, -0.1) is 0 Å². The maximum absolute atomic E-state index is 12.3. The molecule has 32 heavy (non-hydrogen) atoms. The SMILES string of the molecule is COC(=O)C1(C)CCCN1Cc1cccc(OCc2nc(-c3ccc(C)cc3)oc2C)c1. The van der Waals surface area contributed by atoms with Gasteiger partial charge in [0.1, 0.15) is 29.3 Å². The molecule has 1 fully saturated rings. The van der Waals surface area contributed by atoms with Gasteiger partial charge in [-0.05, 0) is 70.0 Å². The summed E-state index contributed by atoms with van der Waals surface area (Å²) in [6.07, 6.45) is 1.79. The average Bonchev–Trinajstić information content (AvgIpc) is 3.35. The molecule has 1 atom stereocenters. The molecule has 0 saturated carbocycles. The maximum Gasteiger partial charge on any atom is 0.326 e. The van der Waals surface area contributed by atoms with E-state index in [9.17, 15) is 4.79 Å². The smallest absolute Gasteiger partial charge is 0.326 e. The van der Waals surface area contributed by atoms with E-state index < -0.39 is 5.54 Å². The Morgan fingerprint density at radius 3 is 2.72 bits per heavy atom. The van der Waals surface area contributed by atoms with E-state index in [-0.39, 0.29) is 5.97 Å². The lowest BCUT2D eigenvalue weighted by Crippen LogP contribution is -2.48. The third-order valence-corrected chi connectivity index (χ3v) is 6.25. The molecule has 1 aromatic heterocycles. The number of hydrogen-bond acceptors (Lipinski definition) is 6. The number of esters is 1. The Hall–Kier alpha value is -3.12. The number of carbonyl (C=O) groups is 1. The molecule has 3 aromatic rings. The Labute approximate surface area is 189 Å². The molecule has 2 heterocycles. The molecule has 168 valence electrons. The van der Waals surface area contributed by atoms with Crippen LogP contribution in [0.1, 0.15) is 42.3 Å². The fourth-order valence-corrected chi connectivity index (χ4v) is 4.21. The minimum atomic E-state index is -0.574. The fourth-order valence-electron chi connectivity index (χ4n) is 4.21. The Balaban J connectivity index is 1.43. The van der Waals surface area contributed by atoms with Gasteiger partial charge in [-0.1, -0.05) is 29.8 Å². The van der Waals surface area contributed by atoms with Gasteiger partial charge in [-0.25, -0.2) is 4.98 Å². The first-order chi connectivity index (χ1) is 15.4. The van der Waals surface area contributed by atoms with E-state index in [0.29, 0.717) is 19.0 Å². The predicted molar refractivity (Wildman–Crippen MR) is 122 cm³/mol. The number of hydrogen-bond donors (Lipinski definition) is 0. The molecular formula is C26H30N2O4. The lowest BCUT2D eigenvalue weighted by atomic mass is 9.98. The molecule has 6 nitrogen and oxygen atoms in total. The van der Waals surface area contributed by atoms with E-state index in [2.05, 4.69) is 22.9 Å². The minimum Gasteiger partial charge on any atom is -0.487 e. The molecule has 0 radical (unpaired) electrons. The highest BCUT2D eigenvalue weighted by molar-refractivity contribution is 5.80. The number of methoxy groups -OCH3 is 1. The van der Waals surface area contributed by atoms with Crippen molar-refractivity contribution in [3.05, 3.63) is 71.1 Å². The molecule has 0 N–H and O–H groups in total. The maximum atomic E-state index is 12.3. The van der Waals surface area contributed by atoms with Crippen molar-refractivity contribution in [3.63, 3.8) is 0 Å². The standard InChI is InChI=1S/C26H30N2O4/c1-18-9-11-21(12-10-18)24-27-23(19(2)32-24)17-31-22-8-5-7-20(15-22)16-28-14-6-13-26(28,3)25(29)30-4/h5,7-12,15H,6,13-14,16-17H2,1-4H3. The van der Waals surface area contributed by atoms with E-state index in [1.54, 1.807) is 0 Å². The lowest BCUT2D eigenvalue weighted by molar-refractivity contribution is -0.152. The normalized spacial score (nSPS) is 18.6. The summed E-state index contributed by atoms with van der Waals surface area (Å²) < 4.78 is 16.9. The van der Waals surface area contributed by atoms with Gasteiger partial charge >= 0.3 is 5.97 Å². The monoisotopic (exact) mass is 434 g/mol. The predicted octanol–water partition coefficient (Wildman–Crippen LogP) is 5.06. The number of aryl methyl sites for hydroxylation is 2. The van der Waals surface area contributed by atoms with Crippen LogP contribution >= 0.6 is 0 Å². The molecule has 1 unspecified atom stereocenters. The van der Waals surface area contributed by atoms with Crippen molar-refractivity contribution in [1.29, 1.82) is 0 Å². The highest BCUT2D eigenvalue weighted by Gasteiger charge is 2.44. The topological polar surface area (TPSA) is 64.8 Å². The molecule has 1 aliphatic rings. The highest BCUT2D eigenvalue weighted by atomic mass is 16.5. The zero-order valence-corrected chi connectivity index (χ0v) is 19.2. The molecule has 2 aromatic carbocycles. The highest BCUT2D eigenvalue weighted by Crippen LogP contribution is 2.32. The number of oxazole rings is 1. The number of nitrogens with zero attached hydrogens (tertiary/aromatic N) is 2. The van der Waals surface area contributed by atoms with Crippen molar-refractivity contribution in [2.75, 3.05) is 13.7 Å². The second-order valence-electron chi connectivity index (χ2n) is 8.61. The van der Waals surface area contributed by atoms with E-state index in [1.807, 2.05) is 56.3 Å². The van der Waals surface area contributed by atoms with Gasteiger partial charge in [0.2, 0.25) is 5.89 Å². The quantitative estimate of drug-likeness (QED) is 0.484. The molecule has 6 heteroatoms. The lowest BCUT2D eigenvalue weighted by Gasteiger charge is -2.32. The molecule has 1 aliphatic heterocycles. The number of aromatic nitrogens is 1. The number of benzene rings is 2. The van der Waals surface area contributed by atoms with Crippen LogP contribution < -0.4 is 4.74 Å². The minimum absolute atomic E-state index is 0.173. The van der Waals surface area contributed by atoms with E-state index in [1.165, 1.54) is 12.7 Å². The van der Waals surface area contributed by atoms with Crippen LogP contribution in [-0.4, -0.2) is 35.0 Å². The van der Waals surface area contributed by atoms with Crippen LogP contribution in [0.15, 0.2) is 52.9 Å². The Bertz CT molecular complexity index is 1090. The zero-order valence-electron chi connectivity index (χ0n) is 19.2. The molecule has 0 aliphatic carbocycles. The Morgan fingerprint density at radius 2 is 1.97 bits per heavy atom. The van der Waals surface area contributed by atoms with Gasteiger partial charge in [0.15, 0.2) is 0 Å². The van der Waals surface area contributed by atoms with Crippen LogP contribution in [0.4, 0.5) is 0 Å². The summed E-state index contributed by atoms with van der Waals surface area (Å²) in [7, 11) is 1.45. The first-order valence-electron chi connectivity index (χ1n) is 11.0. The first kappa shape index (κ1) is 22.1. The van der Waals surface area contributed by atoms with E-state index in [0.717, 1.165) is 47.7 Å². The molecule has 0 amide bonds. The fraction of sp³-hybridized carbons (Fsp3) is 0.385. The largest absolute Gasteiger partial charge is 0.487 e. The van der Waals surface area contributed by atoms with Crippen molar-refractivity contribution >= 4 is 5.97 Å². The first-order valence-corrected chi connectivity index (χ1v) is 11.0. The van der Waals surface area contributed by atoms with Gasteiger partial charge in [-0.3, -0.25) is 9.69 Å². The average molecular weight is 435 g/mol. The molecular weight excluding hydrogens is 404 g/mol. The summed E-state index contributed by atoms with van der Waals surface area (Å²) in [4.78, 5) is 19.1. The van der Waals surface area contributed by atoms with Crippen LogP contribution in [-0.2, 0) is 22.7 Å². The van der Waals surface area contributed by atoms with Crippen molar-refractivity contribution in [2.24, 2.45) is 0 Å². The summed E-state index contributed by atoms with van der Waals surface area (Å²) in [6.45, 7) is 7.79. The van der Waals surface area contributed by atoms with Crippen molar-refractivity contribution in [1.82, 2.24) is 9.88 Å². The Morgan fingerprint density at radius 1 is 1.19 bits per heavy atom.